The minimum absolute atomic E-state index is 0.0243. The zero-order valence-corrected chi connectivity index (χ0v) is 17.6. The SMILES string of the molecule is CC(=O)Nc1ccc(OCC(O)CN2CCN(C(=O)c3cccc(Cl)c3)CC2)cc1. The van der Waals surface area contributed by atoms with Gasteiger partial charge in [0.2, 0.25) is 5.91 Å². The fourth-order valence-electron chi connectivity index (χ4n) is 3.32. The Morgan fingerprint density at radius 3 is 2.47 bits per heavy atom. The van der Waals surface area contributed by atoms with Crippen LogP contribution in [0.25, 0.3) is 0 Å². The van der Waals surface area contributed by atoms with Crippen molar-refractivity contribution in [2.45, 2.75) is 13.0 Å². The lowest BCUT2D eigenvalue weighted by Gasteiger charge is -2.35. The first-order valence-corrected chi connectivity index (χ1v) is 10.2. The summed E-state index contributed by atoms with van der Waals surface area (Å²) in [6.45, 7) is 4.68. The molecule has 1 unspecified atom stereocenters. The second-order valence-electron chi connectivity index (χ2n) is 7.27. The zero-order chi connectivity index (χ0) is 21.5. The van der Waals surface area contributed by atoms with Crippen molar-refractivity contribution in [1.29, 1.82) is 0 Å². The van der Waals surface area contributed by atoms with Gasteiger partial charge in [-0.15, -0.1) is 0 Å². The predicted octanol–water partition coefficient (Wildman–Crippen LogP) is 2.50. The van der Waals surface area contributed by atoms with Crippen molar-refractivity contribution in [2.24, 2.45) is 0 Å². The van der Waals surface area contributed by atoms with Gasteiger partial charge in [-0.05, 0) is 42.5 Å². The molecule has 1 aliphatic rings. The first-order valence-electron chi connectivity index (χ1n) is 9.86. The van der Waals surface area contributed by atoms with Gasteiger partial charge < -0.3 is 20.1 Å². The van der Waals surface area contributed by atoms with E-state index in [0.29, 0.717) is 54.7 Å². The van der Waals surface area contributed by atoms with E-state index in [-0.39, 0.29) is 18.4 Å². The lowest BCUT2D eigenvalue weighted by Crippen LogP contribution is -2.50. The number of carbonyl (C=O) groups is 2. The van der Waals surface area contributed by atoms with Gasteiger partial charge in [0.05, 0.1) is 0 Å². The highest BCUT2D eigenvalue weighted by atomic mass is 35.5. The van der Waals surface area contributed by atoms with Crippen LogP contribution >= 0.6 is 11.6 Å². The van der Waals surface area contributed by atoms with Gasteiger partial charge in [-0.2, -0.15) is 0 Å². The molecule has 2 N–H and O–H groups in total. The van der Waals surface area contributed by atoms with Crippen molar-refractivity contribution in [3.05, 3.63) is 59.1 Å². The molecule has 3 rings (SSSR count). The van der Waals surface area contributed by atoms with Crippen LogP contribution in [0, 0.1) is 0 Å². The summed E-state index contributed by atoms with van der Waals surface area (Å²) in [5.74, 6) is 0.470. The average molecular weight is 432 g/mol. The maximum absolute atomic E-state index is 12.6. The molecule has 0 spiro atoms. The highest BCUT2D eigenvalue weighted by molar-refractivity contribution is 6.30. The molecular weight excluding hydrogens is 406 g/mol. The van der Waals surface area contributed by atoms with Gasteiger partial charge in [0.25, 0.3) is 5.91 Å². The minimum Gasteiger partial charge on any atom is -0.491 e. The number of rotatable bonds is 7. The summed E-state index contributed by atoms with van der Waals surface area (Å²) in [5, 5.41) is 13.5. The number of halogens is 1. The Bertz CT molecular complexity index is 867. The van der Waals surface area contributed by atoms with Crippen molar-refractivity contribution >= 4 is 29.1 Å². The van der Waals surface area contributed by atoms with E-state index in [1.807, 2.05) is 4.90 Å². The van der Waals surface area contributed by atoms with Gasteiger partial charge in [0.1, 0.15) is 18.5 Å². The van der Waals surface area contributed by atoms with E-state index >= 15 is 0 Å². The molecule has 7 nitrogen and oxygen atoms in total. The Balaban J connectivity index is 1.40. The van der Waals surface area contributed by atoms with Crippen molar-refractivity contribution < 1.29 is 19.4 Å². The van der Waals surface area contributed by atoms with Gasteiger partial charge in [-0.25, -0.2) is 0 Å². The molecule has 1 heterocycles. The number of aliphatic hydroxyl groups excluding tert-OH is 1. The van der Waals surface area contributed by atoms with Gasteiger partial charge in [0.15, 0.2) is 0 Å². The van der Waals surface area contributed by atoms with Gasteiger partial charge in [-0.3, -0.25) is 14.5 Å². The van der Waals surface area contributed by atoms with Crippen molar-refractivity contribution in [2.75, 3.05) is 44.6 Å². The molecule has 1 aliphatic heterocycles. The normalized spacial score (nSPS) is 15.5. The third-order valence-electron chi connectivity index (χ3n) is 4.82. The Hall–Kier alpha value is -2.61. The van der Waals surface area contributed by atoms with Crippen LogP contribution in [0.3, 0.4) is 0 Å². The number of carbonyl (C=O) groups excluding carboxylic acids is 2. The van der Waals surface area contributed by atoms with E-state index in [9.17, 15) is 14.7 Å². The van der Waals surface area contributed by atoms with Crippen molar-refractivity contribution in [3.63, 3.8) is 0 Å². The third-order valence-corrected chi connectivity index (χ3v) is 5.05. The lowest BCUT2D eigenvalue weighted by atomic mass is 10.2. The number of hydrogen-bond donors (Lipinski definition) is 2. The topological polar surface area (TPSA) is 82.1 Å². The number of hydrogen-bond acceptors (Lipinski definition) is 5. The number of piperazine rings is 1. The molecule has 8 heteroatoms. The largest absolute Gasteiger partial charge is 0.491 e. The fraction of sp³-hybridized carbons (Fsp3) is 0.364. The molecule has 0 aliphatic carbocycles. The Labute approximate surface area is 181 Å². The molecule has 1 saturated heterocycles. The summed E-state index contributed by atoms with van der Waals surface area (Å²) in [4.78, 5) is 27.5. The predicted molar refractivity (Wildman–Crippen MR) is 116 cm³/mol. The second-order valence-corrected chi connectivity index (χ2v) is 7.71. The van der Waals surface area contributed by atoms with Crippen LogP contribution in [0.4, 0.5) is 5.69 Å². The van der Waals surface area contributed by atoms with Crippen LogP contribution in [0.5, 0.6) is 5.75 Å². The molecule has 160 valence electrons. The van der Waals surface area contributed by atoms with Gasteiger partial charge in [0, 0.05) is 55.9 Å². The summed E-state index contributed by atoms with van der Waals surface area (Å²) < 4.78 is 5.63. The van der Waals surface area contributed by atoms with E-state index in [1.54, 1.807) is 48.5 Å². The molecule has 1 fully saturated rings. The molecule has 2 aromatic carbocycles. The van der Waals surface area contributed by atoms with Crippen molar-refractivity contribution in [1.82, 2.24) is 9.80 Å². The number of nitrogens with one attached hydrogen (secondary N) is 1. The third kappa shape index (κ3) is 6.45. The minimum atomic E-state index is -0.643. The smallest absolute Gasteiger partial charge is 0.253 e. The quantitative estimate of drug-likeness (QED) is 0.703. The van der Waals surface area contributed by atoms with Crippen LogP contribution in [0.2, 0.25) is 5.02 Å². The first kappa shape index (κ1) is 22.1. The summed E-state index contributed by atoms with van der Waals surface area (Å²) in [6.07, 6.45) is -0.643. The number of ether oxygens (including phenoxy) is 1. The summed E-state index contributed by atoms with van der Waals surface area (Å²) in [5.41, 5.74) is 1.29. The van der Waals surface area contributed by atoms with Gasteiger partial charge >= 0.3 is 0 Å². The molecule has 0 saturated carbocycles. The standard InChI is InChI=1S/C22H26ClN3O4/c1-16(27)24-19-5-7-21(8-6-19)30-15-20(28)14-25-9-11-26(12-10-25)22(29)17-3-2-4-18(23)13-17/h2-8,13,20,28H,9-12,14-15H2,1H3,(H,24,27). The van der Waals surface area contributed by atoms with E-state index in [0.717, 1.165) is 0 Å². The molecule has 0 radical (unpaired) electrons. The van der Waals surface area contributed by atoms with E-state index in [1.165, 1.54) is 6.92 Å². The molecule has 2 amide bonds. The number of benzene rings is 2. The Morgan fingerprint density at radius 1 is 1.13 bits per heavy atom. The highest BCUT2D eigenvalue weighted by Gasteiger charge is 2.23. The molecule has 1 atom stereocenters. The van der Waals surface area contributed by atoms with E-state index in [2.05, 4.69) is 10.2 Å². The number of anilines is 1. The highest BCUT2D eigenvalue weighted by Crippen LogP contribution is 2.17. The van der Waals surface area contributed by atoms with Crippen LogP contribution in [0.1, 0.15) is 17.3 Å². The van der Waals surface area contributed by atoms with Crippen molar-refractivity contribution in [3.8, 4) is 5.75 Å². The zero-order valence-electron chi connectivity index (χ0n) is 16.9. The van der Waals surface area contributed by atoms with Crippen LogP contribution in [-0.2, 0) is 4.79 Å². The second kappa shape index (κ2) is 10.4. The monoisotopic (exact) mass is 431 g/mol. The fourth-order valence-corrected chi connectivity index (χ4v) is 3.51. The molecular formula is C22H26ClN3O4. The summed E-state index contributed by atoms with van der Waals surface area (Å²) >= 11 is 5.97. The molecule has 0 aromatic heterocycles. The Morgan fingerprint density at radius 2 is 1.83 bits per heavy atom. The number of β-amino-alcohol motifs (C(OH)–C–C–N with tert-alkyl or cyclic N) is 1. The summed E-state index contributed by atoms with van der Waals surface area (Å²) in [6, 6.07) is 14.0. The molecule has 30 heavy (non-hydrogen) atoms. The lowest BCUT2D eigenvalue weighted by molar-refractivity contribution is -0.114. The van der Waals surface area contributed by atoms with Crippen LogP contribution in [0.15, 0.2) is 48.5 Å². The van der Waals surface area contributed by atoms with Crippen LogP contribution in [-0.4, -0.2) is 72.2 Å². The van der Waals surface area contributed by atoms with Crippen LogP contribution < -0.4 is 10.1 Å². The van der Waals surface area contributed by atoms with Gasteiger partial charge in [-0.1, -0.05) is 17.7 Å². The maximum Gasteiger partial charge on any atom is 0.253 e. The summed E-state index contributed by atoms with van der Waals surface area (Å²) in [7, 11) is 0. The van der Waals surface area contributed by atoms with E-state index < -0.39 is 6.10 Å². The number of nitrogens with zero attached hydrogens (tertiary/aromatic N) is 2. The maximum atomic E-state index is 12.6. The Kier molecular flexibility index (Phi) is 7.68. The molecule has 0 bridgehead atoms. The average Bonchev–Trinajstić information content (AvgIpc) is 2.73. The number of aliphatic hydroxyl groups is 1. The first-order chi connectivity index (χ1) is 14.4. The number of amides is 2. The molecule has 2 aromatic rings. The van der Waals surface area contributed by atoms with E-state index in [4.69, 9.17) is 16.3 Å².